The van der Waals surface area contributed by atoms with Crippen LogP contribution in [0.2, 0.25) is 0 Å². The lowest BCUT2D eigenvalue weighted by Gasteiger charge is -2.19. The van der Waals surface area contributed by atoms with Crippen LogP contribution in [-0.2, 0) is 0 Å². The van der Waals surface area contributed by atoms with Crippen molar-refractivity contribution in [3.63, 3.8) is 0 Å². The predicted molar refractivity (Wildman–Crippen MR) is 111 cm³/mol. The molecule has 0 saturated heterocycles. The fourth-order valence-corrected chi connectivity index (χ4v) is 4.03. The van der Waals surface area contributed by atoms with Crippen molar-refractivity contribution in [2.75, 3.05) is 5.73 Å². The van der Waals surface area contributed by atoms with Gasteiger partial charge in [0.1, 0.15) is 0 Å². The Balaban J connectivity index is 1.91. The van der Waals surface area contributed by atoms with Crippen molar-refractivity contribution in [2.24, 2.45) is 0 Å². The van der Waals surface area contributed by atoms with Crippen molar-refractivity contribution >= 4 is 23.2 Å². The average molecular weight is 362 g/mol. The Kier molecular flexibility index (Phi) is 5.79. The van der Waals surface area contributed by atoms with Crippen LogP contribution in [0.3, 0.4) is 0 Å². The van der Waals surface area contributed by atoms with Gasteiger partial charge in [-0.25, -0.2) is 0 Å². The lowest BCUT2D eigenvalue weighted by atomic mass is 9.99. The summed E-state index contributed by atoms with van der Waals surface area (Å²) in [5, 5.41) is 0.0201. The summed E-state index contributed by atoms with van der Waals surface area (Å²) < 4.78 is 0. The molecule has 1 unspecified atom stereocenters. The molecular formula is C23H23NOS. The first-order valence-electron chi connectivity index (χ1n) is 8.71. The van der Waals surface area contributed by atoms with E-state index in [1.165, 1.54) is 11.1 Å². The summed E-state index contributed by atoms with van der Waals surface area (Å²) in [5.74, 6) is 0.149. The molecule has 0 spiro atoms. The van der Waals surface area contributed by atoms with Gasteiger partial charge in [-0.3, -0.25) is 4.79 Å². The zero-order valence-electron chi connectivity index (χ0n) is 15.1. The van der Waals surface area contributed by atoms with E-state index < -0.39 is 0 Å². The summed E-state index contributed by atoms with van der Waals surface area (Å²) in [7, 11) is 0. The SMILES string of the molecule is Cc1ccc(C(CC(=O)c2ccccc2)Sc2ccccc2N)cc1C. The number of ketones is 1. The molecule has 0 fully saturated rings. The Morgan fingerprint density at radius 2 is 1.62 bits per heavy atom. The van der Waals surface area contributed by atoms with Gasteiger partial charge in [0.05, 0.1) is 0 Å². The number of rotatable bonds is 6. The van der Waals surface area contributed by atoms with E-state index >= 15 is 0 Å². The first-order chi connectivity index (χ1) is 12.5. The average Bonchev–Trinajstić information content (AvgIpc) is 2.66. The monoisotopic (exact) mass is 361 g/mol. The van der Waals surface area contributed by atoms with Crippen molar-refractivity contribution < 1.29 is 4.79 Å². The highest BCUT2D eigenvalue weighted by Gasteiger charge is 2.20. The first kappa shape index (κ1) is 18.3. The molecule has 26 heavy (non-hydrogen) atoms. The van der Waals surface area contributed by atoms with Gasteiger partial charge in [0.2, 0.25) is 0 Å². The molecule has 0 amide bonds. The number of benzene rings is 3. The molecule has 3 aromatic carbocycles. The number of thioether (sulfide) groups is 1. The van der Waals surface area contributed by atoms with Crippen LogP contribution in [-0.4, -0.2) is 5.78 Å². The largest absolute Gasteiger partial charge is 0.398 e. The first-order valence-corrected chi connectivity index (χ1v) is 9.59. The number of anilines is 1. The van der Waals surface area contributed by atoms with Crippen molar-refractivity contribution in [2.45, 2.75) is 30.4 Å². The van der Waals surface area contributed by atoms with E-state index in [-0.39, 0.29) is 11.0 Å². The minimum Gasteiger partial charge on any atom is -0.398 e. The summed E-state index contributed by atoms with van der Waals surface area (Å²) in [5.41, 5.74) is 11.3. The third-order valence-electron chi connectivity index (χ3n) is 4.56. The van der Waals surface area contributed by atoms with E-state index in [1.807, 2.05) is 54.6 Å². The van der Waals surface area contributed by atoms with E-state index in [0.29, 0.717) is 6.42 Å². The van der Waals surface area contributed by atoms with Gasteiger partial charge in [-0.05, 0) is 42.7 Å². The molecule has 0 bridgehead atoms. The van der Waals surface area contributed by atoms with Gasteiger partial charge in [0.25, 0.3) is 0 Å². The van der Waals surface area contributed by atoms with E-state index in [4.69, 9.17) is 5.73 Å². The Morgan fingerprint density at radius 3 is 2.31 bits per heavy atom. The van der Waals surface area contributed by atoms with Crippen LogP contribution in [0, 0.1) is 13.8 Å². The lowest BCUT2D eigenvalue weighted by molar-refractivity contribution is 0.0982. The van der Waals surface area contributed by atoms with Crippen LogP contribution < -0.4 is 5.73 Å². The van der Waals surface area contributed by atoms with Gasteiger partial charge in [0, 0.05) is 27.8 Å². The van der Waals surface area contributed by atoms with E-state index in [2.05, 4.69) is 32.0 Å². The van der Waals surface area contributed by atoms with Crippen molar-refractivity contribution in [3.05, 3.63) is 95.1 Å². The van der Waals surface area contributed by atoms with Crippen molar-refractivity contribution in [1.82, 2.24) is 0 Å². The Hall–Kier alpha value is -2.52. The molecule has 0 saturated carbocycles. The standard InChI is InChI=1S/C23H23NOS/c1-16-12-13-19(14-17(16)2)23(26-22-11-7-6-10-20(22)24)15-21(25)18-8-4-3-5-9-18/h3-14,23H,15,24H2,1-2H3. The number of nitrogen functional groups attached to an aromatic ring is 1. The number of carbonyl (C=O) groups excluding carboxylic acids is 1. The van der Waals surface area contributed by atoms with Gasteiger partial charge in [-0.2, -0.15) is 0 Å². The van der Waals surface area contributed by atoms with Gasteiger partial charge < -0.3 is 5.73 Å². The van der Waals surface area contributed by atoms with Gasteiger partial charge in [-0.15, -0.1) is 11.8 Å². The number of hydrogen-bond donors (Lipinski definition) is 1. The molecular weight excluding hydrogens is 338 g/mol. The fourth-order valence-electron chi connectivity index (χ4n) is 2.84. The minimum absolute atomic E-state index is 0.0201. The molecule has 3 heteroatoms. The van der Waals surface area contributed by atoms with Gasteiger partial charge in [-0.1, -0.05) is 60.7 Å². The van der Waals surface area contributed by atoms with Crippen LogP contribution in [0.25, 0.3) is 0 Å². The third-order valence-corrected chi connectivity index (χ3v) is 5.91. The highest BCUT2D eigenvalue weighted by molar-refractivity contribution is 7.99. The van der Waals surface area contributed by atoms with E-state index in [9.17, 15) is 4.79 Å². The highest BCUT2D eigenvalue weighted by atomic mass is 32.2. The highest BCUT2D eigenvalue weighted by Crippen LogP contribution is 2.41. The van der Waals surface area contributed by atoms with Crippen LogP contribution in [0.4, 0.5) is 5.69 Å². The van der Waals surface area contributed by atoms with Crippen molar-refractivity contribution in [1.29, 1.82) is 0 Å². The molecule has 2 nitrogen and oxygen atoms in total. The number of Topliss-reactive ketones (excluding diaryl/α,β-unsaturated/α-hetero) is 1. The number of nitrogens with two attached hydrogens (primary N) is 1. The molecule has 0 aliphatic carbocycles. The summed E-state index contributed by atoms with van der Waals surface area (Å²) >= 11 is 1.66. The molecule has 0 aliphatic rings. The number of para-hydroxylation sites is 1. The van der Waals surface area contributed by atoms with Crippen LogP contribution in [0.15, 0.2) is 77.7 Å². The molecule has 1 atom stereocenters. The molecule has 0 heterocycles. The maximum Gasteiger partial charge on any atom is 0.164 e. The smallest absolute Gasteiger partial charge is 0.164 e. The van der Waals surface area contributed by atoms with E-state index in [1.54, 1.807) is 11.8 Å². The van der Waals surface area contributed by atoms with Gasteiger partial charge in [0.15, 0.2) is 5.78 Å². The van der Waals surface area contributed by atoms with Crippen LogP contribution >= 0.6 is 11.8 Å². The Labute approximate surface area is 159 Å². The second-order valence-electron chi connectivity index (χ2n) is 6.48. The van der Waals surface area contributed by atoms with Crippen LogP contribution in [0.1, 0.15) is 38.7 Å². The zero-order chi connectivity index (χ0) is 18.5. The molecule has 0 aliphatic heterocycles. The van der Waals surface area contributed by atoms with Crippen molar-refractivity contribution in [3.8, 4) is 0 Å². The summed E-state index contributed by atoms with van der Waals surface area (Å²) in [6.45, 7) is 4.21. The molecule has 0 aromatic heterocycles. The minimum atomic E-state index is 0.0201. The number of hydrogen-bond acceptors (Lipinski definition) is 3. The third kappa shape index (κ3) is 4.36. The van der Waals surface area contributed by atoms with Gasteiger partial charge >= 0.3 is 0 Å². The zero-order valence-corrected chi connectivity index (χ0v) is 15.9. The molecule has 132 valence electrons. The maximum atomic E-state index is 12.8. The number of carbonyl (C=O) groups is 1. The quantitative estimate of drug-likeness (QED) is 0.333. The lowest BCUT2D eigenvalue weighted by Crippen LogP contribution is -2.06. The van der Waals surface area contributed by atoms with Crippen LogP contribution in [0.5, 0.6) is 0 Å². The second-order valence-corrected chi connectivity index (χ2v) is 7.73. The normalized spacial score (nSPS) is 11.9. The molecule has 2 N–H and O–H groups in total. The second kappa shape index (κ2) is 8.24. The Bertz CT molecular complexity index is 905. The molecule has 3 rings (SSSR count). The molecule has 0 radical (unpaired) electrons. The Morgan fingerprint density at radius 1 is 0.923 bits per heavy atom. The summed E-state index contributed by atoms with van der Waals surface area (Å²) in [6, 6.07) is 23.7. The summed E-state index contributed by atoms with van der Waals surface area (Å²) in [6.07, 6.45) is 0.436. The molecule has 3 aromatic rings. The maximum absolute atomic E-state index is 12.8. The van der Waals surface area contributed by atoms with E-state index in [0.717, 1.165) is 21.7 Å². The summed E-state index contributed by atoms with van der Waals surface area (Å²) in [4.78, 5) is 13.8. The predicted octanol–water partition coefficient (Wildman–Crippen LogP) is 5.99. The number of aryl methyl sites for hydroxylation is 2. The fraction of sp³-hybridized carbons (Fsp3) is 0.174. The topological polar surface area (TPSA) is 43.1 Å².